The number of nitriles is 1. The molecule has 2 aliphatic rings. The van der Waals surface area contributed by atoms with Crippen molar-refractivity contribution in [2.45, 2.75) is 53.2 Å². The van der Waals surface area contributed by atoms with Gasteiger partial charge in [-0.15, -0.1) is 11.3 Å². The van der Waals surface area contributed by atoms with Gasteiger partial charge in [0.1, 0.15) is 23.1 Å². The molecule has 0 N–H and O–H groups in total. The molecular weight excluding hydrogens is 647 g/mol. The van der Waals surface area contributed by atoms with Crippen LogP contribution in [0.25, 0.3) is 21.2 Å². The summed E-state index contributed by atoms with van der Waals surface area (Å²) in [5.74, 6) is 1.36. The van der Waals surface area contributed by atoms with Crippen LogP contribution in [-0.4, -0.2) is 72.1 Å². The smallest absolute Gasteiger partial charge is 0.264 e. The highest BCUT2D eigenvalue weighted by Crippen LogP contribution is 2.39. The monoisotopic (exact) mass is 693 g/mol. The topological polar surface area (TPSA) is 91.0 Å². The molecule has 50 heavy (non-hydrogen) atoms. The summed E-state index contributed by atoms with van der Waals surface area (Å²) in [6, 6.07) is 14.5. The summed E-state index contributed by atoms with van der Waals surface area (Å²) in [4.78, 5) is 32.9. The van der Waals surface area contributed by atoms with E-state index < -0.39 is 0 Å². The highest BCUT2D eigenvalue weighted by atomic mass is 32.1. The van der Waals surface area contributed by atoms with Gasteiger partial charge in [0.25, 0.3) is 11.5 Å². The number of carbonyl (C=O) groups is 1. The van der Waals surface area contributed by atoms with E-state index in [1.165, 1.54) is 16.7 Å². The Kier molecular flexibility index (Phi) is 10.2. The van der Waals surface area contributed by atoms with Crippen LogP contribution in [0.4, 0.5) is 0 Å². The molecule has 262 valence electrons. The number of piperazine rings is 1. The van der Waals surface area contributed by atoms with Crippen molar-refractivity contribution in [3.63, 3.8) is 0 Å². The molecule has 1 saturated heterocycles. The van der Waals surface area contributed by atoms with Crippen molar-refractivity contribution in [3.8, 4) is 28.7 Å². The maximum Gasteiger partial charge on any atom is 0.264 e. The minimum Gasteiger partial charge on any atom is -0.496 e. The van der Waals surface area contributed by atoms with Crippen molar-refractivity contribution in [2.75, 3.05) is 46.9 Å². The van der Waals surface area contributed by atoms with Crippen LogP contribution < -0.4 is 15.0 Å². The lowest BCUT2D eigenvalue weighted by Crippen LogP contribution is -2.45. The van der Waals surface area contributed by atoms with E-state index in [1.807, 2.05) is 43.3 Å². The standard InChI is InChI=1S/C40H47N5O4S/c1-26-30-10-8-9-27(31(30)11-13-45(26)38(46)29(22-41)21-40(2,3)4)23-43-14-16-44(17-15-43)25-34-35(48-6)19-28(20-36(34)49-7)33-24-42(5)39(47)32-12-18-50-37(32)33/h8-10,12,18-21,24,26H,11,13-17,23,25H2,1-7H3/b29-21+. The lowest BCUT2D eigenvalue weighted by Gasteiger charge is -2.38. The van der Waals surface area contributed by atoms with E-state index in [4.69, 9.17) is 9.47 Å². The molecule has 1 atom stereocenters. The van der Waals surface area contributed by atoms with Gasteiger partial charge in [0, 0.05) is 69.3 Å². The van der Waals surface area contributed by atoms with Crippen molar-refractivity contribution in [1.29, 1.82) is 5.26 Å². The van der Waals surface area contributed by atoms with Crippen molar-refractivity contribution in [1.82, 2.24) is 19.3 Å². The molecule has 6 rings (SSSR count). The number of nitrogens with zero attached hydrogens (tertiary/aromatic N) is 5. The van der Waals surface area contributed by atoms with Gasteiger partial charge in [0.2, 0.25) is 0 Å². The van der Waals surface area contributed by atoms with Gasteiger partial charge < -0.3 is 18.9 Å². The first-order chi connectivity index (χ1) is 23.9. The Morgan fingerprint density at radius 2 is 1.68 bits per heavy atom. The molecule has 0 bridgehead atoms. The number of pyridine rings is 1. The number of fused-ring (bicyclic) bond motifs is 2. The van der Waals surface area contributed by atoms with E-state index in [9.17, 15) is 14.9 Å². The number of hydrogen-bond acceptors (Lipinski definition) is 8. The highest BCUT2D eigenvalue weighted by Gasteiger charge is 2.32. The number of hydrogen-bond donors (Lipinski definition) is 0. The average Bonchev–Trinajstić information content (AvgIpc) is 3.60. The largest absolute Gasteiger partial charge is 0.496 e. The summed E-state index contributed by atoms with van der Waals surface area (Å²) in [6.07, 6.45) is 4.46. The molecule has 1 amide bonds. The van der Waals surface area contributed by atoms with Gasteiger partial charge in [0.05, 0.1) is 31.2 Å². The van der Waals surface area contributed by atoms with Crippen molar-refractivity contribution < 1.29 is 14.3 Å². The number of carbonyl (C=O) groups excluding carboxylic acids is 1. The lowest BCUT2D eigenvalue weighted by atomic mass is 9.88. The van der Waals surface area contributed by atoms with Crippen LogP contribution in [-0.2, 0) is 31.4 Å². The van der Waals surface area contributed by atoms with Crippen LogP contribution >= 0.6 is 11.3 Å². The van der Waals surface area contributed by atoms with E-state index in [0.717, 1.165) is 77.4 Å². The molecule has 9 nitrogen and oxygen atoms in total. The van der Waals surface area contributed by atoms with Crippen molar-refractivity contribution in [2.24, 2.45) is 12.5 Å². The van der Waals surface area contributed by atoms with Gasteiger partial charge in [-0.2, -0.15) is 5.26 Å². The van der Waals surface area contributed by atoms with Crippen LogP contribution in [0.5, 0.6) is 11.5 Å². The highest BCUT2D eigenvalue weighted by molar-refractivity contribution is 7.17. The molecule has 2 aromatic heterocycles. The van der Waals surface area contributed by atoms with Gasteiger partial charge in [-0.25, -0.2) is 0 Å². The normalized spacial score (nSPS) is 17.4. The Labute approximate surface area is 298 Å². The summed E-state index contributed by atoms with van der Waals surface area (Å²) in [7, 11) is 5.18. The van der Waals surface area contributed by atoms with Gasteiger partial charge in [0.15, 0.2) is 0 Å². The van der Waals surface area contributed by atoms with Gasteiger partial charge >= 0.3 is 0 Å². The number of amides is 1. The maximum absolute atomic E-state index is 13.4. The van der Waals surface area contributed by atoms with E-state index in [0.29, 0.717) is 13.1 Å². The Morgan fingerprint density at radius 3 is 2.30 bits per heavy atom. The zero-order valence-corrected chi connectivity index (χ0v) is 31.0. The van der Waals surface area contributed by atoms with Gasteiger partial charge in [-0.05, 0) is 64.6 Å². The first-order valence-electron chi connectivity index (χ1n) is 17.2. The lowest BCUT2D eigenvalue weighted by molar-refractivity contribution is -0.129. The molecular formula is C40H47N5O4S. The van der Waals surface area contributed by atoms with Gasteiger partial charge in [-0.3, -0.25) is 19.4 Å². The molecule has 0 radical (unpaired) electrons. The number of thiophene rings is 1. The number of aryl methyl sites for hydroxylation is 1. The fourth-order valence-electron chi connectivity index (χ4n) is 7.36. The summed E-state index contributed by atoms with van der Waals surface area (Å²) >= 11 is 1.57. The fraction of sp³-hybridized carbons (Fsp3) is 0.425. The third-order valence-corrected chi connectivity index (χ3v) is 10.9. The Morgan fingerprint density at radius 1 is 1.02 bits per heavy atom. The maximum atomic E-state index is 13.4. The zero-order chi connectivity index (χ0) is 35.7. The van der Waals surface area contributed by atoms with Crippen LogP contribution in [0.3, 0.4) is 0 Å². The fourth-order valence-corrected chi connectivity index (χ4v) is 8.28. The van der Waals surface area contributed by atoms with E-state index in [-0.39, 0.29) is 28.5 Å². The number of ether oxygens (including phenoxy) is 2. The van der Waals surface area contributed by atoms with Crippen LogP contribution in [0.15, 0.2) is 64.4 Å². The molecule has 0 spiro atoms. The minimum atomic E-state index is -0.249. The van der Waals surface area contributed by atoms with Crippen LogP contribution in [0.1, 0.15) is 56.0 Å². The molecule has 4 aromatic rings. The number of methoxy groups -OCH3 is 2. The Hall–Kier alpha value is -4.43. The second-order valence-corrected chi connectivity index (χ2v) is 15.4. The van der Waals surface area contributed by atoms with Crippen molar-refractivity contribution in [3.05, 3.63) is 92.2 Å². The number of benzene rings is 2. The van der Waals surface area contributed by atoms with Crippen molar-refractivity contribution >= 4 is 27.3 Å². The molecule has 2 aromatic carbocycles. The molecule has 4 heterocycles. The van der Waals surface area contributed by atoms with E-state index in [1.54, 1.807) is 43.2 Å². The van der Waals surface area contributed by atoms with Crippen LogP contribution in [0.2, 0.25) is 0 Å². The molecule has 10 heteroatoms. The summed E-state index contributed by atoms with van der Waals surface area (Å²) < 4.78 is 14.5. The number of allylic oxidation sites excluding steroid dienone is 1. The minimum absolute atomic E-state index is 0.000585. The van der Waals surface area contributed by atoms with Gasteiger partial charge in [-0.1, -0.05) is 45.0 Å². The predicted octanol–water partition coefficient (Wildman–Crippen LogP) is 6.54. The Bertz CT molecular complexity index is 2020. The molecule has 0 saturated carbocycles. The quantitative estimate of drug-likeness (QED) is 0.153. The second kappa shape index (κ2) is 14.4. The summed E-state index contributed by atoms with van der Waals surface area (Å²) in [5, 5.41) is 12.4. The summed E-state index contributed by atoms with van der Waals surface area (Å²) in [6.45, 7) is 14.0. The third kappa shape index (κ3) is 7.08. The molecule has 0 aliphatic carbocycles. The SMILES string of the molecule is COc1cc(-c2cn(C)c(=O)c3ccsc23)cc(OC)c1CN1CCN(Cc2cccc3c2CCN(C(=O)/C(C#N)=C/C(C)(C)C)C3C)CC1. The molecule has 1 unspecified atom stereocenters. The first kappa shape index (κ1) is 35.4. The summed E-state index contributed by atoms with van der Waals surface area (Å²) in [5.41, 5.74) is 6.74. The molecule has 2 aliphatic heterocycles. The number of aromatic nitrogens is 1. The first-order valence-corrected chi connectivity index (χ1v) is 18.1. The average molecular weight is 694 g/mol. The molecule has 1 fully saturated rings. The number of rotatable bonds is 8. The predicted molar refractivity (Wildman–Crippen MR) is 200 cm³/mol. The second-order valence-electron chi connectivity index (χ2n) is 14.5. The zero-order valence-electron chi connectivity index (χ0n) is 30.2. The third-order valence-electron chi connectivity index (χ3n) is 9.96. The van der Waals surface area contributed by atoms with Crippen LogP contribution in [0, 0.1) is 16.7 Å². The van der Waals surface area contributed by atoms with E-state index in [2.05, 4.69) is 53.1 Å². The van der Waals surface area contributed by atoms with E-state index >= 15 is 0 Å². The Balaban J connectivity index is 1.14.